The van der Waals surface area contributed by atoms with Gasteiger partial charge in [0.05, 0.1) is 5.69 Å². The zero-order valence-corrected chi connectivity index (χ0v) is 14.4. The highest BCUT2D eigenvalue weighted by atomic mass is 19.4. The molecule has 4 nitrogen and oxygen atoms in total. The van der Waals surface area contributed by atoms with Gasteiger partial charge in [-0.3, -0.25) is 0 Å². The average molecular weight is 406 g/mol. The molecule has 0 radical (unpaired) electrons. The van der Waals surface area contributed by atoms with Crippen molar-refractivity contribution in [3.63, 3.8) is 0 Å². The molecule has 1 aliphatic carbocycles. The maximum Gasteiger partial charge on any atom is 0.422 e. The van der Waals surface area contributed by atoms with Crippen molar-refractivity contribution in [2.45, 2.75) is 37.0 Å². The Morgan fingerprint density at radius 1 is 0.821 bits per heavy atom. The smallest absolute Gasteiger partial charge is 0.422 e. The standard InChI is InChI=1S/C18H16F6N2O2/c19-17(20,21)9-27-15-8-14(25-16(26-15)28-10-18(22,23)24)13-7-6-12(13)11-4-2-1-3-5-11/h1-5,8,12-13H,6-7,9-10H2. The second kappa shape index (κ2) is 7.84. The van der Waals surface area contributed by atoms with Crippen molar-refractivity contribution in [1.82, 2.24) is 9.97 Å². The molecule has 0 saturated heterocycles. The summed E-state index contributed by atoms with van der Waals surface area (Å²) in [5, 5.41) is 0. The Labute approximate surface area is 156 Å². The third-order valence-corrected chi connectivity index (χ3v) is 4.33. The number of ether oxygens (including phenoxy) is 2. The van der Waals surface area contributed by atoms with Crippen LogP contribution in [-0.2, 0) is 0 Å². The number of alkyl halides is 6. The van der Waals surface area contributed by atoms with Gasteiger partial charge in [0.15, 0.2) is 13.2 Å². The Morgan fingerprint density at radius 3 is 2.00 bits per heavy atom. The largest absolute Gasteiger partial charge is 0.468 e. The Bertz CT molecular complexity index is 759. The zero-order valence-electron chi connectivity index (χ0n) is 14.4. The molecule has 1 aliphatic rings. The third kappa shape index (κ3) is 5.49. The summed E-state index contributed by atoms with van der Waals surface area (Å²) in [6.45, 7) is -3.27. The maximum atomic E-state index is 12.4. The molecule has 0 amide bonds. The molecule has 1 aromatic carbocycles. The van der Waals surface area contributed by atoms with E-state index >= 15 is 0 Å². The fourth-order valence-corrected chi connectivity index (χ4v) is 3.00. The number of hydrogen-bond acceptors (Lipinski definition) is 4. The minimum atomic E-state index is -4.63. The lowest BCUT2D eigenvalue weighted by molar-refractivity contribution is -0.155. The summed E-state index contributed by atoms with van der Waals surface area (Å²) >= 11 is 0. The fraction of sp³-hybridized carbons (Fsp3) is 0.444. The first-order valence-electron chi connectivity index (χ1n) is 8.44. The highest BCUT2D eigenvalue weighted by molar-refractivity contribution is 5.31. The van der Waals surface area contributed by atoms with Gasteiger partial charge >= 0.3 is 18.4 Å². The van der Waals surface area contributed by atoms with Crippen molar-refractivity contribution in [2.24, 2.45) is 0 Å². The molecular weight excluding hydrogens is 390 g/mol. The third-order valence-electron chi connectivity index (χ3n) is 4.33. The van der Waals surface area contributed by atoms with E-state index in [1.807, 2.05) is 30.3 Å². The summed E-state index contributed by atoms with van der Waals surface area (Å²) in [4.78, 5) is 7.51. The van der Waals surface area contributed by atoms with Crippen molar-refractivity contribution < 1.29 is 35.8 Å². The van der Waals surface area contributed by atoms with E-state index in [1.54, 1.807) is 0 Å². The monoisotopic (exact) mass is 406 g/mol. The molecule has 1 aromatic heterocycles. The van der Waals surface area contributed by atoms with E-state index in [0.29, 0.717) is 12.1 Å². The van der Waals surface area contributed by atoms with Gasteiger partial charge < -0.3 is 9.47 Å². The minimum absolute atomic E-state index is 0.0574. The van der Waals surface area contributed by atoms with Crippen molar-refractivity contribution >= 4 is 0 Å². The Hall–Kier alpha value is -2.52. The zero-order chi connectivity index (χ0) is 20.4. The number of aromatic nitrogens is 2. The summed E-state index contributed by atoms with van der Waals surface area (Å²) in [5.41, 5.74) is 1.32. The van der Waals surface area contributed by atoms with Crippen LogP contribution in [0.5, 0.6) is 11.9 Å². The van der Waals surface area contributed by atoms with Crippen molar-refractivity contribution in [1.29, 1.82) is 0 Å². The minimum Gasteiger partial charge on any atom is -0.468 e. The number of benzene rings is 1. The van der Waals surface area contributed by atoms with E-state index in [-0.39, 0.29) is 11.8 Å². The van der Waals surface area contributed by atoms with Gasteiger partial charge in [0.2, 0.25) is 5.88 Å². The topological polar surface area (TPSA) is 44.2 Å². The quantitative estimate of drug-likeness (QED) is 0.632. The predicted molar refractivity (Wildman–Crippen MR) is 86.3 cm³/mol. The maximum absolute atomic E-state index is 12.4. The molecule has 0 bridgehead atoms. The van der Waals surface area contributed by atoms with Crippen LogP contribution in [0, 0.1) is 0 Å². The van der Waals surface area contributed by atoms with Crippen LogP contribution in [0.15, 0.2) is 36.4 Å². The van der Waals surface area contributed by atoms with E-state index in [0.717, 1.165) is 12.0 Å². The molecule has 28 heavy (non-hydrogen) atoms. The van der Waals surface area contributed by atoms with Gasteiger partial charge in [0, 0.05) is 12.0 Å². The lowest BCUT2D eigenvalue weighted by Crippen LogP contribution is -2.25. The van der Waals surface area contributed by atoms with Gasteiger partial charge in [-0.05, 0) is 24.3 Å². The molecule has 3 rings (SSSR count). The lowest BCUT2D eigenvalue weighted by Gasteiger charge is -2.36. The second-order valence-electron chi connectivity index (χ2n) is 6.42. The Balaban J connectivity index is 1.84. The fourth-order valence-electron chi connectivity index (χ4n) is 3.00. The summed E-state index contributed by atoms with van der Waals surface area (Å²) in [6, 6.07) is 9.98. The molecule has 152 valence electrons. The summed E-state index contributed by atoms with van der Waals surface area (Å²) < 4.78 is 83.6. The summed E-state index contributed by atoms with van der Waals surface area (Å²) in [7, 11) is 0. The number of rotatable bonds is 6. The van der Waals surface area contributed by atoms with Gasteiger partial charge in [-0.25, -0.2) is 0 Å². The molecule has 1 fully saturated rings. The molecule has 1 saturated carbocycles. The summed E-state index contributed by atoms with van der Waals surface area (Å²) in [5.74, 6) is -0.591. The van der Waals surface area contributed by atoms with Gasteiger partial charge in [-0.1, -0.05) is 30.3 Å². The van der Waals surface area contributed by atoms with Crippen LogP contribution >= 0.6 is 0 Å². The van der Waals surface area contributed by atoms with E-state index in [4.69, 9.17) is 0 Å². The highest BCUT2D eigenvalue weighted by Crippen LogP contribution is 2.49. The first-order chi connectivity index (χ1) is 13.1. The van der Waals surface area contributed by atoms with Crippen molar-refractivity contribution in [2.75, 3.05) is 13.2 Å². The first-order valence-corrected chi connectivity index (χ1v) is 8.44. The molecule has 0 spiro atoms. The van der Waals surface area contributed by atoms with Crippen LogP contribution < -0.4 is 9.47 Å². The van der Waals surface area contributed by atoms with Gasteiger partial charge in [0.25, 0.3) is 0 Å². The van der Waals surface area contributed by atoms with Crippen LogP contribution in [0.4, 0.5) is 26.3 Å². The van der Waals surface area contributed by atoms with E-state index in [2.05, 4.69) is 19.4 Å². The molecule has 0 aliphatic heterocycles. The normalized spacial score (nSPS) is 19.8. The average Bonchev–Trinajstić information content (AvgIpc) is 2.57. The van der Waals surface area contributed by atoms with E-state index < -0.39 is 37.5 Å². The van der Waals surface area contributed by atoms with Crippen LogP contribution in [0.1, 0.15) is 35.9 Å². The van der Waals surface area contributed by atoms with Crippen molar-refractivity contribution in [3.05, 3.63) is 47.7 Å². The second-order valence-corrected chi connectivity index (χ2v) is 6.42. The number of halogens is 6. The number of nitrogens with zero attached hydrogens (tertiary/aromatic N) is 2. The lowest BCUT2D eigenvalue weighted by atomic mass is 9.68. The SMILES string of the molecule is FC(F)(F)COc1cc(C2CCC2c2ccccc2)nc(OCC(F)(F)F)n1. The first kappa shape index (κ1) is 20.2. The molecule has 2 atom stereocenters. The Morgan fingerprint density at radius 2 is 1.43 bits per heavy atom. The Kier molecular flexibility index (Phi) is 5.66. The molecule has 10 heteroatoms. The van der Waals surface area contributed by atoms with E-state index in [9.17, 15) is 26.3 Å². The number of hydrogen-bond donors (Lipinski definition) is 0. The molecular formula is C18H16F6N2O2. The van der Waals surface area contributed by atoms with Gasteiger partial charge in [-0.15, -0.1) is 0 Å². The van der Waals surface area contributed by atoms with Crippen LogP contribution in [0.25, 0.3) is 0 Å². The predicted octanol–water partition coefficient (Wildman–Crippen LogP) is 5.02. The highest BCUT2D eigenvalue weighted by Gasteiger charge is 2.36. The van der Waals surface area contributed by atoms with Crippen LogP contribution in [0.2, 0.25) is 0 Å². The summed E-state index contributed by atoms with van der Waals surface area (Å²) in [6.07, 6.45) is -7.72. The van der Waals surface area contributed by atoms with Crippen molar-refractivity contribution in [3.8, 4) is 11.9 Å². The van der Waals surface area contributed by atoms with Gasteiger partial charge in [-0.2, -0.15) is 36.3 Å². The van der Waals surface area contributed by atoms with Crippen LogP contribution in [-0.4, -0.2) is 35.5 Å². The molecule has 0 N–H and O–H groups in total. The van der Waals surface area contributed by atoms with Crippen LogP contribution in [0.3, 0.4) is 0 Å². The molecule has 2 unspecified atom stereocenters. The van der Waals surface area contributed by atoms with Gasteiger partial charge in [0.1, 0.15) is 0 Å². The molecule has 2 aromatic rings. The molecule has 1 heterocycles. The van der Waals surface area contributed by atoms with E-state index in [1.165, 1.54) is 6.07 Å².